The Morgan fingerprint density at radius 3 is 1.74 bits per heavy atom. The Bertz CT molecular complexity index is 2600. The predicted octanol–water partition coefficient (Wildman–Crippen LogP) is 10.6. The number of nitrogens with zero attached hydrogens (tertiary/aromatic N) is 6. The van der Waals surface area contributed by atoms with Gasteiger partial charge in [-0.25, -0.2) is 19.6 Å². The highest BCUT2D eigenvalue weighted by atomic mass is 16.4. The third kappa shape index (κ3) is 21.3. The zero-order valence-electron chi connectivity index (χ0n) is 42.8. The number of carbonyl (C=O) groups is 3. The van der Waals surface area contributed by atoms with Crippen LogP contribution in [0.3, 0.4) is 0 Å². The molecular formula is C60H74N6O6. The molecule has 4 aromatic rings. The predicted molar refractivity (Wildman–Crippen MR) is 287 cm³/mol. The number of rotatable bonds is 24. The molecule has 12 heteroatoms. The number of carboxylic acids is 3. The fraction of sp³-hybridized carbons (Fsp3) is 0.433. The molecule has 2 bridgehead atoms. The summed E-state index contributed by atoms with van der Waals surface area (Å²) in [5, 5.41) is 30.1. The van der Waals surface area contributed by atoms with Crippen molar-refractivity contribution >= 4 is 23.6 Å². The smallest absolute Gasteiger partial charge is 0.354 e. The first-order chi connectivity index (χ1) is 34.8. The van der Waals surface area contributed by atoms with Crippen LogP contribution < -0.4 is 0 Å². The molecule has 0 spiro atoms. The van der Waals surface area contributed by atoms with Gasteiger partial charge in [0.15, 0.2) is 0 Å². The van der Waals surface area contributed by atoms with E-state index in [-0.39, 0.29) is 17.9 Å². The molecule has 0 saturated carbocycles. The molecular weight excluding hydrogens is 901 g/mol. The van der Waals surface area contributed by atoms with Crippen LogP contribution in [0.25, 0.3) is 0 Å². The van der Waals surface area contributed by atoms with Crippen LogP contribution in [0, 0.1) is 23.7 Å². The number of unbranched alkanes of at least 4 members (excludes halogenated alkanes) is 10. The maximum absolute atomic E-state index is 12.5. The number of aliphatic imine (C=N–C) groups is 1. The molecule has 0 fully saturated rings. The van der Waals surface area contributed by atoms with E-state index in [1.807, 2.05) is 53.4 Å². The van der Waals surface area contributed by atoms with Crippen LogP contribution in [0.5, 0.6) is 0 Å². The minimum Gasteiger partial charge on any atom is -0.480 e. The number of aliphatic carboxylic acids is 2. The summed E-state index contributed by atoms with van der Waals surface area (Å²) in [7, 11) is 0. The summed E-state index contributed by atoms with van der Waals surface area (Å²) in [5.41, 5.74) is 7.31. The zero-order valence-corrected chi connectivity index (χ0v) is 42.8. The highest BCUT2D eigenvalue weighted by molar-refractivity contribution is 5.93. The van der Waals surface area contributed by atoms with Gasteiger partial charge < -0.3 is 15.3 Å². The number of aromatic nitrogens is 2. The number of fused-ring (bicyclic) bond motifs is 2. The minimum absolute atomic E-state index is 0.101. The average Bonchev–Trinajstić information content (AvgIpc) is 3.35. The Kier molecular flexibility index (Phi) is 24.1. The molecule has 2 aromatic heterocycles. The van der Waals surface area contributed by atoms with E-state index in [2.05, 4.69) is 88.1 Å². The van der Waals surface area contributed by atoms with Gasteiger partial charge in [0, 0.05) is 80.3 Å². The number of aryl methyl sites for hydroxylation is 2. The van der Waals surface area contributed by atoms with Gasteiger partial charge in [0.2, 0.25) is 0 Å². The van der Waals surface area contributed by atoms with Gasteiger partial charge in [-0.05, 0) is 98.3 Å². The van der Waals surface area contributed by atoms with E-state index < -0.39 is 17.9 Å². The highest BCUT2D eigenvalue weighted by Crippen LogP contribution is 2.17. The summed E-state index contributed by atoms with van der Waals surface area (Å²) in [6.07, 6.45) is 18.4. The molecule has 1 aliphatic heterocycles. The molecule has 0 unspecified atom stereocenters. The molecule has 3 N–H and O–H groups in total. The monoisotopic (exact) mass is 975 g/mol. The Hall–Kier alpha value is -6.70. The molecule has 5 rings (SSSR count). The zero-order chi connectivity index (χ0) is 51.5. The van der Waals surface area contributed by atoms with Crippen molar-refractivity contribution in [3.63, 3.8) is 0 Å². The van der Waals surface area contributed by atoms with Crippen LogP contribution in [-0.2, 0) is 42.1 Å². The maximum Gasteiger partial charge on any atom is 0.354 e. The van der Waals surface area contributed by atoms with Crippen molar-refractivity contribution in [2.24, 2.45) is 4.99 Å². The Balaban J connectivity index is 1.31. The van der Waals surface area contributed by atoms with E-state index in [0.717, 1.165) is 48.2 Å². The van der Waals surface area contributed by atoms with E-state index in [1.165, 1.54) is 87.5 Å². The summed E-state index contributed by atoms with van der Waals surface area (Å²) in [6, 6.07) is 25.4. The van der Waals surface area contributed by atoms with Crippen LogP contribution in [0.2, 0.25) is 0 Å². The normalized spacial score (nSPS) is 14.0. The lowest BCUT2D eigenvalue weighted by Crippen LogP contribution is -2.43. The maximum atomic E-state index is 12.5. The van der Waals surface area contributed by atoms with Crippen molar-refractivity contribution in [2.45, 2.75) is 130 Å². The molecule has 0 atom stereocenters. The third-order valence-electron chi connectivity index (χ3n) is 12.5. The Morgan fingerprint density at radius 2 is 1.17 bits per heavy atom. The number of carboxylic acid groups (broad SMARTS) is 3. The van der Waals surface area contributed by atoms with E-state index >= 15 is 0 Å². The van der Waals surface area contributed by atoms with Crippen molar-refractivity contribution in [1.29, 1.82) is 0 Å². The quantitative estimate of drug-likeness (QED) is 0.0202. The van der Waals surface area contributed by atoms with Crippen LogP contribution in [0.1, 0.15) is 153 Å². The molecule has 0 saturated heterocycles. The number of pyridine rings is 2. The summed E-state index contributed by atoms with van der Waals surface area (Å²) >= 11 is 0. The Morgan fingerprint density at radius 1 is 0.639 bits per heavy atom. The first-order valence-electron chi connectivity index (χ1n) is 25.8. The topological polar surface area (TPSA) is 160 Å². The van der Waals surface area contributed by atoms with Gasteiger partial charge in [-0.1, -0.05) is 139 Å². The first kappa shape index (κ1) is 56.2. The van der Waals surface area contributed by atoms with E-state index in [4.69, 9.17) is 4.98 Å². The summed E-state index contributed by atoms with van der Waals surface area (Å²) in [6.45, 7) is 13.1. The fourth-order valence-electron chi connectivity index (χ4n) is 8.63. The first-order valence-corrected chi connectivity index (χ1v) is 25.8. The number of hydrogen-bond acceptors (Lipinski definition) is 9. The van der Waals surface area contributed by atoms with Gasteiger partial charge in [0.1, 0.15) is 11.4 Å². The third-order valence-corrected chi connectivity index (χ3v) is 12.5. The van der Waals surface area contributed by atoms with E-state index in [0.29, 0.717) is 74.9 Å². The van der Waals surface area contributed by atoms with Gasteiger partial charge in [0.05, 0.1) is 23.6 Å². The van der Waals surface area contributed by atoms with Crippen LogP contribution in [0.15, 0.2) is 108 Å². The van der Waals surface area contributed by atoms with Crippen molar-refractivity contribution in [3.05, 3.63) is 153 Å². The minimum atomic E-state index is -1.21. The molecule has 0 radical (unpaired) electrons. The SMILES string of the molecule is C=C(C#Cc1ccc(CCCCCCCC)cc1)/C=C(\N=C(/C)CN1CCN(CC(=O)O)Cc2cccc(n2)CN(Cc2cc(C#Cc3ccc(CCCCCCCC)cc3)cc(C(=O)O)n2)CC1)C(=O)O. The van der Waals surface area contributed by atoms with Gasteiger partial charge in [-0.3, -0.25) is 24.5 Å². The van der Waals surface area contributed by atoms with Crippen molar-refractivity contribution in [2.75, 3.05) is 39.3 Å². The van der Waals surface area contributed by atoms with Gasteiger partial charge in [-0.2, -0.15) is 0 Å². The lowest BCUT2D eigenvalue weighted by molar-refractivity contribution is -0.138. The fourth-order valence-corrected chi connectivity index (χ4v) is 8.63. The largest absolute Gasteiger partial charge is 0.480 e. The molecule has 12 nitrogen and oxygen atoms in total. The lowest BCUT2D eigenvalue weighted by atomic mass is 10.0. The van der Waals surface area contributed by atoms with Crippen LogP contribution in [-0.4, -0.2) is 103 Å². The standard InChI is InChI=1S/C60H74N6O6/c1-5-7-9-11-13-15-18-48-24-28-50(29-25-48)23-22-46(3)38-56(59(69)70)61-47(4)41-64-34-36-65(42-53-20-17-21-54(62-53)43-66(37-35-64)45-58(67)68)44-55-39-52(40-57(63-55)60(71)72)33-32-51-30-26-49(27-31-51)19-16-14-12-10-8-6-2/h17,20-21,24-31,38-40H,3,5-16,18-19,34-37,41-45H2,1-2,4H3,(H,67,68)(H,69,70)(H,71,72)/b56-38-,61-47+. The summed E-state index contributed by atoms with van der Waals surface area (Å²) in [5.74, 6) is 9.16. The van der Waals surface area contributed by atoms with Crippen molar-refractivity contribution in [1.82, 2.24) is 24.7 Å². The molecule has 1 aliphatic rings. The van der Waals surface area contributed by atoms with Crippen LogP contribution >= 0.6 is 0 Å². The highest BCUT2D eigenvalue weighted by Gasteiger charge is 2.20. The number of benzene rings is 2. The second-order valence-corrected chi connectivity index (χ2v) is 18.9. The number of hydrogen-bond donors (Lipinski definition) is 3. The lowest BCUT2D eigenvalue weighted by Gasteiger charge is -2.30. The van der Waals surface area contributed by atoms with E-state index in [9.17, 15) is 29.7 Å². The van der Waals surface area contributed by atoms with Crippen molar-refractivity contribution < 1.29 is 29.7 Å². The van der Waals surface area contributed by atoms with Gasteiger partial charge in [-0.15, -0.1) is 0 Å². The second kappa shape index (κ2) is 30.9. The van der Waals surface area contributed by atoms with Gasteiger partial charge >= 0.3 is 17.9 Å². The number of aromatic carboxylic acids is 1. The van der Waals surface area contributed by atoms with Crippen molar-refractivity contribution in [3.8, 4) is 23.7 Å². The molecule has 2 aromatic carbocycles. The molecule has 3 heterocycles. The molecule has 0 aliphatic carbocycles. The molecule has 0 amide bonds. The Labute approximate surface area is 428 Å². The van der Waals surface area contributed by atoms with Crippen LogP contribution in [0.4, 0.5) is 0 Å². The average molecular weight is 975 g/mol. The summed E-state index contributed by atoms with van der Waals surface area (Å²) < 4.78 is 0. The van der Waals surface area contributed by atoms with E-state index in [1.54, 1.807) is 6.92 Å². The molecule has 72 heavy (non-hydrogen) atoms. The van der Waals surface area contributed by atoms with Gasteiger partial charge in [0.25, 0.3) is 0 Å². The summed E-state index contributed by atoms with van der Waals surface area (Å²) in [4.78, 5) is 56.9. The molecule has 380 valence electrons. The number of allylic oxidation sites excluding steroid dienone is 2. The second-order valence-electron chi connectivity index (χ2n) is 18.9.